The summed E-state index contributed by atoms with van der Waals surface area (Å²) in [6.45, 7) is 3.72. The third kappa shape index (κ3) is 4.10. The first-order valence-electron chi connectivity index (χ1n) is 7.48. The van der Waals surface area contributed by atoms with E-state index in [2.05, 4.69) is 10.3 Å². The standard InChI is InChI=1S/C17H18F4N2O/c1-9(2)16(8-24)22-7-15-11(18)3-4-14(23-15)10-5-12(19)17(21)13(20)6-10/h3-6,9,16,22,24H,7-8H2,1-2H3/t16-/m0/s1. The number of nitrogens with zero attached hydrogens (tertiary/aromatic N) is 1. The van der Waals surface area contributed by atoms with Gasteiger partial charge in [0.1, 0.15) is 5.82 Å². The number of hydrogen-bond acceptors (Lipinski definition) is 3. The lowest BCUT2D eigenvalue weighted by molar-refractivity contribution is 0.209. The van der Waals surface area contributed by atoms with E-state index in [9.17, 15) is 22.7 Å². The first-order chi connectivity index (χ1) is 11.3. The fourth-order valence-electron chi connectivity index (χ4n) is 2.21. The molecule has 0 saturated carbocycles. The van der Waals surface area contributed by atoms with Gasteiger partial charge in [0.2, 0.25) is 0 Å². The van der Waals surface area contributed by atoms with Crippen molar-refractivity contribution < 1.29 is 22.7 Å². The van der Waals surface area contributed by atoms with Gasteiger partial charge in [-0.2, -0.15) is 0 Å². The van der Waals surface area contributed by atoms with Crippen LogP contribution in [0.25, 0.3) is 11.3 Å². The summed E-state index contributed by atoms with van der Waals surface area (Å²) in [5.41, 5.74) is 0.169. The zero-order chi connectivity index (χ0) is 17.9. The Morgan fingerprint density at radius 3 is 2.21 bits per heavy atom. The number of aliphatic hydroxyl groups is 1. The quantitative estimate of drug-likeness (QED) is 0.625. The van der Waals surface area contributed by atoms with Crippen molar-refractivity contribution in [2.75, 3.05) is 6.61 Å². The van der Waals surface area contributed by atoms with Gasteiger partial charge in [-0.05, 0) is 30.2 Å². The molecular formula is C17H18F4N2O. The smallest absolute Gasteiger partial charge is 0.194 e. The maximum absolute atomic E-state index is 13.9. The number of aromatic nitrogens is 1. The van der Waals surface area contributed by atoms with E-state index < -0.39 is 23.3 Å². The van der Waals surface area contributed by atoms with Gasteiger partial charge in [-0.1, -0.05) is 13.8 Å². The molecule has 0 bridgehead atoms. The van der Waals surface area contributed by atoms with Crippen molar-refractivity contribution in [1.29, 1.82) is 0 Å². The average molecular weight is 342 g/mol. The number of halogens is 4. The molecule has 7 heteroatoms. The molecule has 0 unspecified atom stereocenters. The molecule has 1 atom stereocenters. The van der Waals surface area contributed by atoms with Crippen molar-refractivity contribution in [3.05, 3.63) is 53.2 Å². The van der Waals surface area contributed by atoms with Crippen LogP contribution in [0.5, 0.6) is 0 Å². The Labute approximate surface area is 137 Å². The first-order valence-corrected chi connectivity index (χ1v) is 7.48. The minimum absolute atomic E-state index is 0.00946. The Morgan fingerprint density at radius 2 is 1.67 bits per heavy atom. The molecular weight excluding hydrogens is 324 g/mol. The van der Waals surface area contributed by atoms with Crippen molar-refractivity contribution in [2.24, 2.45) is 5.92 Å². The lowest BCUT2D eigenvalue weighted by Crippen LogP contribution is -2.36. The highest BCUT2D eigenvalue weighted by Gasteiger charge is 2.16. The topological polar surface area (TPSA) is 45.1 Å². The van der Waals surface area contributed by atoms with E-state index in [1.807, 2.05) is 13.8 Å². The van der Waals surface area contributed by atoms with Gasteiger partial charge in [-0.25, -0.2) is 22.5 Å². The summed E-state index contributed by atoms with van der Waals surface area (Å²) < 4.78 is 53.6. The molecule has 0 amide bonds. The highest BCUT2D eigenvalue weighted by molar-refractivity contribution is 5.59. The number of benzene rings is 1. The Morgan fingerprint density at radius 1 is 1.04 bits per heavy atom. The predicted molar refractivity (Wildman–Crippen MR) is 82.1 cm³/mol. The SMILES string of the molecule is CC(C)[C@H](CO)NCc1nc(-c2cc(F)c(F)c(F)c2)ccc1F. The number of aliphatic hydroxyl groups excluding tert-OH is 1. The molecule has 2 N–H and O–H groups in total. The van der Waals surface area contributed by atoms with E-state index in [0.717, 1.165) is 18.2 Å². The molecule has 2 rings (SSSR count). The number of nitrogens with one attached hydrogen (secondary N) is 1. The molecule has 0 aliphatic carbocycles. The molecule has 3 nitrogen and oxygen atoms in total. The molecule has 1 aromatic carbocycles. The van der Waals surface area contributed by atoms with Crippen LogP contribution in [-0.2, 0) is 6.54 Å². The van der Waals surface area contributed by atoms with Crippen LogP contribution in [0.4, 0.5) is 17.6 Å². The molecule has 1 heterocycles. The molecule has 130 valence electrons. The van der Waals surface area contributed by atoms with E-state index >= 15 is 0 Å². The van der Waals surface area contributed by atoms with Crippen LogP contribution in [0.3, 0.4) is 0 Å². The zero-order valence-electron chi connectivity index (χ0n) is 13.3. The summed E-state index contributed by atoms with van der Waals surface area (Å²) >= 11 is 0. The Bertz CT molecular complexity index is 699. The summed E-state index contributed by atoms with van der Waals surface area (Å²) in [4.78, 5) is 4.05. The summed E-state index contributed by atoms with van der Waals surface area (Å²) in [5.74, 6) is -4.70. The minimum atomic E-state index is -1.56. The normalized spacial score (nSPS) is 12.7. The van der Waals surface area contributed by atoms with Crippen LogP contribution >= 0.6 is 0 Å². The van der Waals surface area contributed by atoms with E-state index in [4.69, 9.17) is 0 Å². The van der Waals surface area contributed by atoms with E-state index in [0.29, 0.717) is 0 Å². The van der Waals surface area contributed by atoms with Crippen LogP contribution in [0.1, 0.15) is 19.5 Å². The second-order valence-electron chi connectivity index (χ2n) is 5.79. The summed E-state index contributed by atoms with van der Waals surface area (Å²) in [5, 5.41) is 12.2. The van der Waals surface area contributed by atoms with Gasteiger partial charge in [0.05, 0.1) is 18.0 Å². The third-order valence-electron chi connectivity index (χ3n) is 3.73. The van der Waals surface area contributed by atoms with Crippen LogP contribution in [0.15, 0.2) is 24.3 Å². The molecule has 0 aliphatic rings. The van der Waals surface area contributed by atoms with Crippen molar-refractivity contribution >= 4 is 0 Å². The lowest BCUT2D eigenvalue weighted by Gasteiger charge is -2.20. The van der Waals surface area contributed by atoms with Gasteiger partial charge in [-0.15, -0.1) is 0 Å². The highest BCUT2D eigenvalue weighted by atomic mass is 19.2. The Balaban J connectivity index is 2.28. The largest absolute Gasteiger partial charge is 0.395 e. The number of hydrogen-bond donors (Lipinski definition) is 2. The van der Waals surface area contributed by atoms with E-state index in [-0.39, 0.29) is 42.1 Å². The van der Waals surface area contributed by atoms with Crippen molar-refractivity contribution in [3.8, 4) is 11.3 Å². The first kappa shape index (κ1) is 18.4. The fourth-order valence-corrected chi connectivity index (χ4v) is 2.21. The van der Waals surface area contributed by atoms with E-state index in [1.54, 1.807) is 0 Å². The molecule has 0 fully saturated rings. The molecule has 0 spiro atoms. The van der Waals surface area contributed by atoms with Crippen molar-refractivity contribution in [1.82, 2.24) is 10.3 Å². The summed E-state index contributed by atoms with van der Waals surface area (Å²) in [6.07, 6.45) is 0. The maximum atomic E-state index is 13.9. The van der Waals surface area contributed by atoms with Crippen LogP contribution in [0.2, 0.25) is 0 Å². The average Bonchev–Trinajstić information content (AvgIpc) is 2.54. The van der Waals surface area contributed by atoms with Gasteiger partial charge in [0, 0.05) is 18.2 Å². The molecule has 2 aromatic rings. The van der Waals surface area contributed by atoms with Crippen molar-refractivity contribution in [2.45, 2.75) is 26.4 Å². The van der Waals surface area contributed by atoms with E-state index in [1.165, 1.54) is 6.07 Å². The maximum Gasteiger partial charge on any atom is 0.194 e. The number of pyridine rings is 1. The zero-order valence-corrected chi connectivity index (χ0v) is 13.3. The highest BCUT2D eigenvalue weighted by Crippen LogP contribution is 2.23. The molecule has 0 radical (unpaired) electrons. The van der Waals surface area contributed by atoms with Gasteiger partial charge in [-0.3, -0.25) is 0 Å². The van der Waals surface area contributed by atoms with Gasteiger partial charge >= 0.3 is 0 Å². The van der Waals surface area contributed by atoms with Gasteiger partial charge in [0.15, 0.2) is 17.5 Å². The number of rotatable bonds is 6. The minimum Gasteiger partial charge on any atom is -0.395 e. The summed E-state index contributed by atoms with van der Waals surface area (Å²) in [7, 11) is 0. The third-order valence-corrected chi connectivity index (χ3v) is 3.73. The second kappa shape index (κ2) is 7.72. The second-order valence-corrected chi connectivity index (χ2v) is 5.79. The van der Waals surface area contributed by atoms with Crippen molar-refractivity contribution in [3.63, 3.8) is 0 Å². The summed E-state index contributed by atoms with van der Waals surface area (Å²) in [6, 6.07) is 3.76. The monoisotopic (exact) mass is 342 g/mol. The van der Waals surface area contributed by atoms with Crippen LogP contribution in [-0.4, -0.2) is 22.7 Å². The molecule has 1 aromatic heterocycles. The molecule has 24 heavy (non-hydrogen) atoms. The Hall–Kier alpha value is -1.99. The lowest BCUT2D eigenvalue weighted by atomic mass is 10.1. The Kier molecular flexibility index (Phi) is 5.90. The fraction of sp³-hybridized carbons (Fsp3) is 0.353. The van der Waals surface area contributed by atoms with Gasteiger partial charge < -0.3 is 10.4 Å². The van der Waals surface area contributed by atoms with Gasteiger partial charge in [0.25, 0.3) is 0 Å². The van der Waals surface area contributed by atoms with Crippen LogP contribution < -0.4 is 5.32 Å². The van der Waals surface area contributed by atoms with Crippen LogP contribution in [0, 0.1) is 29.2 Å². The molecule has 0 saturated heterocycles. The molecule has 0 aliphatic heterocycles. The predicted octanol–water partition coefficient (Wildman–Crippen LogP) is 3.41.